The Labute approximate surface area is 222 Å². The third-order valence-corrected chi connectivity index (χ3v) is 7.12. The summed E-state index contributed by atoms with van der Waals surface area (Å²) in [5.41, 5.74) is 2.12. The summed E-state index contributed by atoms with van der Waals surface area (Å²) in [7, 11) is 1.56. The van der Waals surface area contributed by atoms with Gasteiger partial charge in [-0.2, -0.15) is 0 Å². The fourth-order valence-corrected chi connectivity index (χ4v) is 4.38. The first-order valence-corrected chi connectivity index (χ1v) is 13.1. The number of benzene rings is 2. The van der Waals surface area contributed by atoms with Crippen molar-refractivity contribution >= 4 is 29.1 Å². The second-order valence-corrected chi connectivity index (χ2v) is 10.5. The van der Waals surface area contributed by atoms with E-state index in [9.17, 15) is 14.4 Å². The van der Waals surface area contributed by atoms with Crippen LogP contribution in [-0.2, 0) is 16.1 Å². The lowest BCUT2D eigenvalue weighted by molar-refractivity contribution is -0.141. The predicted molar refractivity (Wildman–Crippen MR) is 147 cm³/mol. The van der Waals surface area contributed by atoms with E-state index in [-0.39, 0.29) is 30.8 Å². The van der Waals surface area contributed by atoms with Crippen molar-refractivity contribution in [1.29, 1.82) is 0 Å². The van der Waals surface area contributed by atoms with Crippen LogP contribution in [0.3, 0.4) is 0 Å². The average molecular weight is 522 g/mol. The summed E-state index contributed by atoms with van der Waals surface area (Å²) >= 11 is 1.30. The number of ether oxygens (including phenoxy) is 1. The SMILES string of the molecule is CCC(C)(C)NC(=O)[C@@H](c1cccc(OC)c1)N(Cc1ccc(C)cc1)C(=O)CNC(=O)c1cccs1. The Morgan fingerprint density at radius 3 is 2.41 bits per heavy atom. The molecule has 0 spiro atoms. The Morgan fingerprint density at radius 1 is 1.05 bits per heavy atom. The standard InChI is InChI=1S/C29H35N3O4S/c1-6-29(3,4)31-28(35)26(22-9-7-10-23(17-22)36-5)32(19-21-14-12-20(2)13-15-21)25(33)18-30-27(34)24-11-8-16-37-24/h7-17,26H,6,18-19H2,1-5H3,(H,30,34)(H,31,35)/t26-/m1/s1. The quantitative estimate of drug-likeness (QED) is 0.377. The van der Waals surface area contributed by atoms with Gasteiger partial charge in [-0.1, -0.05) is 55.0 Å². The fraction of sp³-hybridized carbons (Fsp3) is 0.345. The predicted octanol–water partition coefficient (Wildman–Crippen LogP) is 4.87. The molecule has 3 aromatic rings. The number of methoxy groups -OCH3 is 1. The van der Waals surface area contributed by atoms with Gasteiger partial charge in [0.15, 0.2) is 0 Å². The molecular weight excluding hydrogens is 486 g/mol. The first kappa shape index (κ1) is 27.9. The molecule has 0 radical (unpaired) electrons. The van der Waals surface area contributed by atoms with Crippen LogP contribution in [0.25, 0.3) is 0 Å². The molecule has 1 atom stereocenters. The van der Waals surface area contributed by atoms with Gasteiger partial charge >= 0.3 is 0 Å². The van der Waals surface area contributed by atoms with E-state index in [4.69, 9.17) is 4.74 Å². The van der Waals surface area contributed by atoms with Crippen LogP contribution in [-0.4, -0.2) is 41.8 Å². The molecule has 3 rings (SSSR count). The third-order valence-electron chi connectivity index (χ3n) is 6.25. The van der Waals surface area contributed by atoms with Gasteiger partial charge in [0.05, 0.1) is 18.5 Å². The zero-order valence-corrected chi connectivity index (χ0v) is 22.9. The smallest absolute Gasteiger partial charge is 0.261 e. The highest BCUT2D eigenvalue weighted by Crippen LogP contribution is 2.28. The first-order chi connectivity index (χ1) is 17.6. The summed E-state index contributed by atoms with van der Waals surface area (Å²) in [6.45, 7) is 7.83. The molecule has 0 unspecified atom stereocenters. The van der Waals surface area contributed by atoms with E-state index in [1.54, 1.807) is 42.8 Å². The topological polar surface area (TPSA) is 87.7 Å². The maximum atomic E-state index is 13.8. The third kappa shape index (κ3) is 7.67. The molecule has 196 valence electrons. The molecular formula is C29H35N3O4S. The largest absolute Gasteiger partial charge is 0.497 e. The van der Waals surface area contributed by atoms with E-state index >= 15 is 0 Å². The summed E-state index contributed by atoms with van der Waals surface area (Å²) in [4.78, 5) is 42.1. The molecule has 0 saturated carbocycles. The molecule has 3 amide bonds. The Bertz CT molecular complexity index is 1210. The van der Waals surface area contributed by atoms with Crippen molar-refractivity contribution in [2.75, 3.05) is 13.7 Å². The van der Waals surface area contributed by atoms with E-state index in [2.05, 4.69) is 10.6 Å². The van der Waals surface area contributed by atoms with Gasteiger partial charge in [0.25, 0.3) is 5.91 Å². The van der Waals surface area contributed by atoms with Crippen molar-refractivity contribution in [3.05, 3.63) is 87.6 Å². The maximum Gasteiger partial charge on any atom is 0.261 e. The maximum absolute atomic E-state index is 13.8. The Balaban J connectivity index is 2.00. The van der Waals surface area contributed by atoms with E-state index in [1.807, 2.05) is 58.0 Å². The lowest BCUT2D eigenvalue weighted by atomic mass is 9.98. The minimum atomic E-state index is -0.937. The van der Waals surface area contributed by atoms with Crippen LogP contribution in [0, 0.1) is 6.92 Å². The molecule has 0 aliphatic rings. The second kappa shape index (κ2) is 12.5. The van der Waals surface area contributed by atoms with Gasteiger partial charge < -0.3 is 20.3 Å². The molecule has 2 N–H and O–H groups in total. The zero-order valence-electron chi connectivity index (χ0n) is 22.0. The normalized spacial score (nSPS) is 11.9. The number of amides is 3. The van der Waals surface area contributed by atoms with Gasteiger partial charge in [-0.25, -0.2) is 0 Å². The number of nitrogens with zero attached hydrogens (tertiary/aromatic N) is 1. The van der Waals surface area contributed by atoms with Crippen LogP contribution < -0.4 is 15.4 Å². The summed E-state index contributed by atoms with van der Waals surface area (Å²) in [6, 6.07) is 17.5. The number of carbonyl (C=O) groups is 3. The fourth-order valence-electron chi connectivity index (χ4n) is 3.74. The number of nitrogens with one attached hydrogen (secondary N) is 2. The van der Waals surface area contributed by atoms with Gasteiger partial charge in [0.2, 0.25) is 11.8 Å². The lowest BCUT2D eigenvalue weighted by Crippen LogP contribution is -2.51. The molecule has 1 heterocycles. The van der Waals surface area contributed by atoms with Crippen molar-refractivity contribution in [3.8, 4) is 5.75 Å². The van der Waals surface area contributed by atoms with Gasteiger partial charge in [-0.15, -0.1) is 11.3 Å². The molecule has 0 saturated heterocycles. The Hall–Kier alpha value is -3.65. The van der Waals surface area contributed by atoms with E-state index in [0.29, 0.717) is 22.6 Å². The molecule has 7 nitrogen and oxygen atoms in total. The van der Waals surface area contributed by atoms with Gasteiger partial charge in [0.1, 0.15) is 11.8 Å². The molecule has 1 aromatic heterocycles. The van der Waals surface area contributed by atoms with Gasteiger partial charge in [0, 0.05) is 12.1 Å². The highest BCUT2D eigenvalue weighted by Gasteiger charge is 2.34. The lowest BCUT2D eigenvalue weighted by Gasteiger charge is -2.35. The highest BCUT2D eigenvalue weighted by molar-refractivity contribution is 7.12. The summed E-state index contributed by atoms with van der Waals surface area (Å²) in [5.74, 6) is -0.417. The van der Waals surface area contributed by atoms with Crippen molar-refractivity contribution in [3.63, 3.8) is 0 Å². The minimum absolute atomic E-state index is 0.190. The van der Waals surface area contributed by atoms with Crippen LogP contribution in [0.15, 0.2) is 66.0 Å². The molecule has 8 heteroatoms. The van der Waals surface area contributed by atoms with Gasteiger partial charge in [-0.05, 0) is 61.9 Å². The van der Waals surface area contributed by atoms with E-state index < -0.39 is 11.6 Å². The molecule has 2 aromatic carbocycles. The number of aryl methyl sites for hydroxylation is 1. The molecule has 0 bridgehead atoms. The number of carbonyl (C=O) groups excluding carboxylic acids is 3. The number of hydrogen-bond donors (Lipinski definition) is 2. The summed E-state index contributed by atoms with van der Waals surface area (Å²) < 4.78 is 5.41. The van der Waals surface area contributed by atoms with E-state index in [0.717, 1.165) is 11.1 Å². The van der Waals surface area contributed by atoms with Crippen LogP contribution in [0.4, 0.5) is 0 Å². The Morgan fingerprint density at radius 2 is 1.78 bits per heavy atom. The van der Waals surface area contributed by atoms with Gasteiger partial charge in [-0.3, -0.25) is 14.4 Å². The van der Waals surface area contributed by atoms with E-state index in [1.165, 1.54) is 16.2 Å². The Kier molecular flexibility index (Phi) is 9.47. The number of thiophene rings is 1. The first-order valence-electron chi connectivity index (χ1n) is 12.3. The van der Waals surface area contributed by atoms with Crippen molar-refractivity contribution in [1.82, 2.24) is 15.5 Å². The highest BCUT2D eigenvalue weighted by atomic mass is 32.1. The van der Waals surface area contributed by atoms with Crippen molar-refractivity contribution in [2.45, 2.75) is 52.2 Å². The average Bonchev–Trinajstić information content (AvgIpc) is 3.43. The minimum Gasteiger partial charge on any atom is -0.497 e. The van der Waals surface area contributed by atoms with Crippen LogP contribution in [0.1, 0.15) is 59.6 Å². The molecule has 0 aliphatic heterocycles. The summed E-state index contributed by atoms with van der Waals surface area (Å²) in [6.07, 6.45) is 0.715. The number of rotatable bonds is 11. The number of hydrogen-bond acceptors (Lipinski definition) is 5. The molecule has 0 aliphatic carbocycles. The van der Waals surface area contributed by atoms with Crippen LogP contribution >= 0.6 is 11.3 Å². The molecule has 37 heavy (non-hydrogen) atoms. The summed E-state index contributed by atoms with van der Waals surface area (Å²) in [5, 5.41) is 7.62. The van der Waals surface area contributed by atoms with Crippen molar-refractivity contribution < 1.29 is 19.1 Å². The monoisotopic (exact) mass is 521 g/mol. The van der Waals surface area contributed by atoms with Crippen LogP contribution in [0.5, 0.6) is 5.75 Å². The zero-order chi connectivity index (χ0) is 27.0. The second-order valence-electron chi connectivity index (χ2n) is 9.57. The molecule has 0 fully saturated rings. The van der Waals surface area contributed by atoms with Crippen LogP contribution in [0.2, 0.25) is 0 Å². The van der Waals surface area contributed by atoms with Crippen molar-refractivity contribution in [2.24, 2.45) is 0 Å².